The minimum absolute atomic E-state index is 0.465. The first kappa shape index (κ1) is 9.98. The molecule has 0 unspecified atom stereocenters. The number of aromatic nitrogens is 2. The molecule has 0 fully saturated rings. The third-order valence-corrected chi connectivity index (χ3v) is 2.47. The summed E-state index contributed by atoms with van der Waals surface area (Å²) in [6.07, 6.45) is 3.11. The smallest absolute Gasteiger partial charge is 0.180 e. The van der Waals surface area contributed by atoms with E-state index < -0.39 is 0 Å². The highest BCUT2D eigenvalue weighted by molar-refractivity contribution is 6.37. The maximum Gasteiger partial charge on any atom is 0.180 e. The Morgan fingerprint density at radius 3 is 2.73 bits per heavy atom. The lowest BCUT2D eigenvalue weighted by atomic mass is 10.2. The Morgan fingerprint density at radius 1 is 1.27 bits per heavy atom. The van der Waals surface area contributed by atoms with E-state index in [2.05, 4.69) is 9.97 Å². The lowest BCUT2D eigenvalue weighted by Crippen LogP contribution is -1.93. The largest absolute Gasteiger partial charge is 0.493 e. The Morgan fingerprint density at radius 2 is 2.07 bits per heavy atom. The van der Waals surface area contributed by atoms with Crippen LogP contribution in [-0.2, 0) is 0 Å². The second-order valence-electron chi connectivity index (χ2n) is 2.88. The molecule has 15 heavy (non-hydrogen) atoms. The Balaban J connectivity index is 2.81. The summed E-state index contributed by atoms with van der Waals surface area (Å²) in [5, 5.41) is 1.21. The molecule has 0 N–H and O–H groups in total. The number of halogens is 1. The minimum Gasteiger partial charge on any atom is -0.493 e. The lowest BCUT2D eigenvalue weighted by molar-refractivity contribution is 0.356. The molecule has 0 amide bonds. The van der Waals surface area contributed by atoms with Crippen LogP contribution in [0, 0.1) is 0 Å². The monoisotopic (exact) mass is 224 g/mol. The molecule has 0 aliphatic heterocycles. The van der Waals surface area contributed by atoms with Crippen LogP contribution in [0.2, 0.25) is 5.02 Å². The number of fused-ring (bicyclic) bond motifs is 1. The zero-order valence-electron chi connectivity index (χ0n) is 8.32. The molecule has 2 rings (SSSR count). The van der Waals surface area contributed by atoms with Crippen molar-refractivity contribution in [1.82, 2.24) is 9.97 Å². The normalized spacial score (nSPS) is 10.3. The van der Waals surface area contributed by atoms with Crippen LogP contribution in [0.15, 0.2) is 18.6 Å². The third kappa shape index (κ3) is 1.57. The summed E-state index contributed by atoms with van der Waals surface area (Å²) in [4.78, 5) is 8.01. The fourth-order valence-electron chi connectivity index (χ4n) is 1.39. The van der Waals surface area contributed by atoms with Gasteiger partial charge in [0.1, 0.15) is 6.33 Å². The van der Waals surface area contributed by atoms with E-state index in [-0.39, 0.29) is 0 Å². The van der Waals surface area contributed by atoms with Crippen LogP contribution in [0.4, 0.5) is 0 Å². The van der Waals surface area contributed by atoms with Gasteiger partial charge in [0.15, 0.2) is 11.5 Å². The van der Waals surface area contributed by atoms with Crippen LogP contribution in [-0.4, -0.2) is 24.2 Å². The molecule has 78 valence electrons. The van der Waals surface area contributed by atoms with Crippen LogP contribution in [0.1, 0.15) is 0 Å². The van der Waals surface area contributed by atoms with Crippen LogP contribution in [0.5, 0.6) is 11.5 Å². The van der Waals surface area contributed by atoms with E-state index in [9.17, 15) is 0 Å². The van der Waals surface area contributed by atoms with Crippen molar-refractivity contribution in [2.75, 3.05) is 14.2 Å². The first-order chi connectivity index (χ1) is 7.27. The SMILES string of the molecule is COc1cc2ncncc2c(Cl)c1OC. The van der Waals surface area contributed by atoms with Crippen LogP contribution < -0.4 is 9.47 Å². The molecule has 1 aromatic carbocycles. The summed E-state index contributed by atoms with van der Waals surface area (Å²) >= 11 is 6.14. The maximum atomic E-state index is 6.14. The quantitative estimate of drug-likeness (QED) is 0.785. The second kappa shape index (κ2) is 3.90. The molecule has 2 aromatic rings. The van der Waals surface area contributed by atoms with Crippen LogP contribution >= 0.6 is 11.6 Å². The highest BCUT2D eigenvalue weighted by Crippen LogP contribution is 2.39. The summed E-state index contributed by atoms with van der Waals surface area (Å²) in [6, 6.07) is 1.77. The average molecular weight is 225 g/mol. The van der Waals surface area contributed by atoms with Gasteiger partial charge in [-0.15, -0.1) is 0 Å². The summed E-state index contributed by atoms with van der Waals surface area (Å²) in [7, 11) is 3.10. The summed E-state index contributed by atoms with van der Waals surface area (Å²) < 4.78 is 10.3. The first-order valence-corrected chi connectivity index (χ1v) is 4.66. The van der Waals surface area contributed by atoms with Crippen molar-refractivity contribution in [1.29, 1.82) is 0 Å². The molecule has 0 saturated heterocycles. The fraction of sp³-hybridized carbons (Fsp3) is 0.200. The second-order valence-corrected chi connectivity index (χ2v) is 3.26. The molecule has 5 heteroatoms. The molecule has 0 bridgehead atoms. The van der Waals surface area contributed by atoms with Crippen LogP contribution in [0.25, 0.3) is 10.9 Å². The Hall–Kier alpha value is -1.55. The summed E-state index contributed by atoms with van der Waals surface area (Å²) in [6.45, 7) is 0. The number of hydrogen-bond donors (Lipinski definition) is 0. The minimum atomic E-state index is 0.465. The molecule has 1 aromatic heterocycles. The molecule has 0 atom stereocenters. The highest BCUT2D eigenvalue weighted by atomic mass is 35.5. The van der Waals surface area contributed by atoms with E-state index >= 15 is 0 Å². The number of nitrogens with zero attached hydrogens (tertiary/aromatic N) is 2. The van der Waals surface area contributed by atoms with E-state index in [0.717, 1.165) is 10.9 Å². The fourth-order valence-corrected chi connectivity index (χ4v) is 1.70. The van der Waals surface area contributed by atoms with E-state index in [1.165, 1.54) is 6.33 Å². The van der Waals surface area contributed by atoms with Gasteiger partial charge in [-0.3, -0.25) is 0 Å². The molecule has 0 saturated carbocycles. The van der Waals surface area contributed by atoms with Gasteiger partial charge < -0.3 is 9.47 Å². The standard InChI is InChI=1S/C10H9ClN2O2/c1-14-8-3-7-6(4-12-5-13-7)9(11)10(8)15-2/h3-5H,1-2H3. The molecule has 4 nitrogen and oxygen atoms in total. The number of benzene rings is 1. The van der Waals surface area contributed by atoms with Crippen LogP contribution in [0.3, 0.4) is 0 Å². The Labute approximate surface area is 91.8 Å². The molecular weight excluding hydrogens is 216 g/mol. The van der Waals surface area contributed by atoms with Crippen molar-refractivity contribution in [2.24, 2.45) is 0 Å². The van der Waals surface area contributed by atoms with E-state index in [1.54, 1.807) is 26.5 Å². The lowest BCUT2D eigenvalue weighted by Gasteiger charge is -2.10. The Kier molecular flexibility index (Phi) is 2.60. The van der Waals surface area contributed by atoms with Crippen molar-refractivity contribution >= 4 is 22.5 Å². The van der Waals surface area contributed by atoms with Gasteiger partial charge in [-0.1, -0.05) is 11.6 Å². The Bertz CT molecular complexity index is 502. The molecule has 0 radical (unpaired) electrons. The van der Waals surface area contributed by atoms with Gasteiger partial charge in [0.2, 0.25) is 0 Å². The van der Waals surface area contributed by atoms with Gasteiger partial charge in [-0.25, -0.2) is 9.97 Å². The van der Waals surface area contributed by atoms with Crippen molar-refractivity contribution in [2.45, 2.75) is 0 Å². The summed E-state index contributed by atoms with van der Waals surface area (Å²) in [5.41, 5.74) is 0.729. The molecule has 1 heterocycles. The molecule has 0 aliphatic carbocycles. The van der Waals surface area contributed by atoms with Gasteiger partial charge in [0.05, 0.1) is 24.8 Å². The number of methoxy groups -OCH3 is 2. The average Bonchev–Trinajstić information content (AvgIpc) is 2.29. The molecule has 0 spiro atoms. The van der Waals surface area contributed by atoms with Gasteiger partial charge in [-0.2, -0.15) is 0 Å². The topological polar surface area (TPSA) is 44.2 Å². The van der Waals surface area contributed by atoms with Crippen molar-refractivity contribution < 1.29 is 9.47 Å². The predicted octanol–water partition coefficient (Wildman–Crippen LogP) is 2.30. The molecule has 0 aliphatic rings. The maximum absolute atomic E-state index is 6.14. The van der Waals surface area contributed by atoms with E-state index in [0.29, 0.717) is 16.5 Å². The van der Waals surface area contributed by atoms with Crippen molar-refractivity contribution in [3.8, 4) is 11.5 Å². The zero-order chi connectivity index (χ0) is 10.8. The zero-order valence-corrected chi connectivity index (χ0v) is 9.08. The van der Waals surface area contributed by atoms with Crippen molar-refractivity contribution in [3.63, 3.8) is 0 Å². The summed E-state index contributed by atoms with van der Waals surface area (Å²) in [5.74, 6) is 1.06. The van der Waals surface area contributed by atoms with Gasteiger partial charge in [-0.05, 0) is 0 Å². The number of hydrogen-bond acceptors (Lipinski definition) is 4. The number of rotatable bonds is 2. The molecular formula is C10H9ClN2O2. The van der Waals surface area contributed by atoms with Gasteiger partial charge >= 0.3 is 0 Å². The van der Waals surface area contributed by atoms with Gasteiger partial charge in [0.25, 0.3) is 0 Å². The van der Waals surface area contributed by atoms with Gasteiger partial charge in [0, 0.05) is 17.6 Å². The van der Waals surface area contributed by atoms with E-state index in [1.807, 2.05) is 0 Å². The highest BCUT2D eigenvalue weighted by Gasteiger charge is 2.13. The van der Waals surface area contributed by atoms with E-state index in [4.69, 9.17) is 21.1 Å². The number of ether oxygens (including phenoxy) is 2. The van der Waals surface area contributed by atoms with Crippen molar-refractivity contribution in [3.05, 3.63) is 23.6 Å². The predicted molar refractivity (Wildman–Crippen MR) is 57.7 cm³/mol. The third-order valence-electron chi connectivity index (χ3n) is 2.09. The first-order valence-electron chi connectivity index (χ1n) is 4.28.